The molecule has 3 N–H and O–H groups in total. The highest BCUT2D eigenvalue weighted by atomic mass is 35.7. The molecule has 0 unspecified atom stereocenters. The molecule has 0 aliphatic heterocycles. The zero-order chi connectivity index (χ0) is 10.1. The summed E-state index contributed by atoms with van der Waals surface area (Å²) in [7, 11) is 1.36. The highest BCUT2D eigenvalue weighted by molar-refractivity contribution is 8.13. The third-order valence-corrected chi connectivity index (χ3v) is 2.85. The van der Waals surface area contributed by atoms with E-state index in [1.165, 1.54) is 18.2 Å². The summed E-state index contributed by atoms with van der Waals surface area (Å²) in [5.74, 6) is 0. The third-order valence-electron chi connectivity index (χ3n) is 1.50. The van der Waals surface area contributed by atoms with Crippen LogP contribution in [0.1, 0.15) is 5.56 Å². The molecule has 0 aliphatic rings. The molecule has 6 heteroatoms. The predicted molar refractivity (Wildman–Crippen MR) is 51.8 cm³/mol. The third kappa shape index (κ3) is 2.19. The van der Waals surface area contributed by atoms with E-state index >= 15 is 0 Å². The molecule has 1 rings (SSSR count). The number of benzene rings is 1. The maximum absolute atomic E-state index is 10.9. The Kier molecular flexibility index (Phi) is 2.58. The molecule has 0 aliphatic carbocycles. The number of hydrogen-bond acceptors (Lipinski definition) is 4. The molecule has 1 aromatic rings. The Hall–Kier alpha value is -1.07. The van der Waals surface area contributed by atoms with Crippen molar-refractivity contribution in [2.45, 2.75) is 4.90 Å². The van der Waals surface area contributed by atoms with Crippen LogP contribution in [0, 0.1) is 5.41 Å². The van der Waals surface area contributed by atoms with E-state index in [-0.39, 0.29) is 4.90 Å². The normalized spacial score (nSPS) is 11.2. The number of halogens is 1. The molecule has 0 heterocycles. The van der Waals surface area contributed by atoms with Crippen LogP contribution in [-0.2, 0) is 9.05 Å². The van der Waals surface area contributed by atoms with Gasteiger partial charge in [-0.25, -0.2) is 8.42 Å². The molecule has 0 atom stereocenters. The van der Waals surface area contributed by atoms with Gasteiger partial charge in [-0.1, -0.05) is 0 Å². The van der Waals surface area contributed by atoms with E-state index < -0.39 is 9.05 Å². The smallest absolute Gasteiger partial charge is 0.261 e. The van der Waals surface area contributed by atoms with Crippen LogP contribution in [0.4, 0.5) is 5.69 Å². The van der Waals surface area contributed by atoms with Crippen molar-refractivity contribution >= 4 is 31.6 Å². The molecular weight excluding hydrogens is 212 g/mol. The quantitative estimate of drug-likeness (QED) is 0.444. The van der Waals surface area contributed by atoms with Crippen LogP contribution >= 0.6 is 10.7 Å². The van der Waals surface area contributed by atoms with Crippen LogP contribution in [0.3, 0.4) is 0 Å². The van der Waals surface area contributed by atoms with Crippen LogP contribution in [0.25, 0.3) is 0 Å². The van der Waals surface area contributed by atoms with Crippen molar-refractivity contribution in [1.82, 2.24) is 0 Å². The topological polar surface area (TPSA) is 84.0 Å². The summed E-state index contributed by atoms with van der Waals surface area (Å²) in [6.45, 7) is 0. The highest BCUT2D eigenvalue weighted by Gasteiger charge is 2.10. The standard InChI is InChI=1S/C7H7ClN2O2S/c8-13(11,12)6-1-2-7(10)5(3-6)4-9/h1-4,9H,10H2. The van der Waals surface area contributed by atoms with Crippen molar-refractivity contribution in [2.24, 2.45) is 0 Å². The Balaban J connectivity index is 3.38. The molecule has 13 heavy (non-hydrogen) atoms. The van der Waals surface area contributed by atoms with E-state index in [1.807, 2.05) is 0 Å². The molecule has 0 aromatic heterocycles. The van der Waals surface area contributed by atoms with Gasteiger partial charge < -0.3 is 11.1 Å². The minimum Gasteiger partial charge on any atom is -0.398 e. The first-order chi connectivity index (χ1) is 5.95. The van der Waals surface area contributed by atoms with Crippen molar-refractivity contribution in [3.8, 4) is 0 Å². The first-order valence-electron chi connectivity index (χ1n) is 3.30. The van der Waals surface area contributed by atoms with E-state index in [1.54, 1.807) is 0 Å². The van der Waals surface area contributed by atoms with Crippen LogP contribution in [0.2, 0.25) is 0 Å². The molecule has 0 saturated heterocycles. The second-order valence-corrected chi connectivity index (χ2v) is 4.94. The van der Waals surface area contributed by atoms with Crippen molar-refractivity contribution in [3.05, 3.63) is 23.8 Å². The lowest BCUT2D eigenvalue weighted by Gasteiger charge is -2.01. The fourth-order valence-corrected chi connectivity index (χ4v) is 1.62. The molecule has 4 nitrogen and oxygen atoms in total. The van der Waals surface area contributed by atoms with E-state index in [4.69, 9.17) is 21.8 Å². The van der Waals surface area contributed by atoms with Crippen molar-refractivity contribution in [3.63, 3.8) is 0 Å². The molecule has 0 spiro atoms. The number of nitrogens with two attached hydrogens (primary N) is 1. The van der Waals surface area contributed by atoms with Crippen LogP contribution in [-0.4, -0.2) is 14.6 Å². The van der Waals surface area contributed by atoms with E-state index in [2.05, 4.69) is 0 Å². The molecule has 0 amide bonds. The monoisotopic (exact) mass is 218 g/mol. The zero-order valence-electron chi connectivity index (χ0n) is 6.49. The van der Waals surface area contributed by atoms with E-state index in [0.29, 0.717) is 11.3 Å². The molecule has 0 radical (unpaired) electrons. The number of rotatable bonds is 2. The molecule has 0 saturated carbocycles. The molecule has 1 aromatic carbocycles. The largest absolute Gasteiger partial charge is 0.398 e. The number of nitrogen functional groups attached to an aromatic ring is 1. The first-order valence-corrected chi connectivity index (χ1v) is 5.61. The molecular formula is C7H7ClN2O2S. The summed E-state index contributed by atoms with van der Waals surface area (Å²) >= 11 is 0. The van der Waals surface area contributed by atoms with E-state index in [9.17, 15) is 8.42 Å². The summed E-state index contributed by atoms with van der Waals surface area (Å²) in [4.78, 5) is -0.0538. The Morgan fingerprint density at radius 2 is 2.08 bits per heavy atom. The zero-order valence-corrected chi connectivity index (χ0v) is 8.06. The van der Waals surface area contributed by atoms with Gasteiger partial charge in [-0.3, -0.25) is 0 Å². The molecule has 70 valence electrons. The van der Waals surface area contributed by atoms with Gasteiger partial charge in [0.05, 0.1) is 4.90 Å². The SMILES string of the molecule is N=Cc1cc(S(=O)(=O)Cl)ccc1N. The summed E-state index contributed by atoms with van der Waals surface area (Å²) in [6.07, 6.45) is 0.973. The van der Waals surface area contributed by atoms with Crippen LogP contribution in [0.5, 0.6) is 0 Å². The van der Waals surface area contributed by atoms with Crippen molar-refractivity contribution < 1.29 is 8.42 Å². The summed E-state index contributed by atoms with van der Waals surface area (Å²) < 4.78 is 21.7. The summed E-state index contributed by atoms with van der Waals surface area (Å²) in [6, 6.07) is 3.95. The van der Waals surface area contributed by atoms with E-state index in [0.717, 1.165) is 6.21 Å². The van der Waals surface area contributed by atoms with Crippen molar-refractivity contribution in [2.75, 3.05) is 5.73 Å². The number of nitrogens with one attached hydrogen (secondary N) is 1. The number of hydrogen-bond donors (Lipinski definition) is 2. The van der Waals surface area contributed by atoms with Gasteiger partial charge >= 0.3 is 0 Å². The lowest BCUT2D eigenvalue weighted by molar-refractivity contribution is 0.609. The van der Waals surface area contributed by atoms with Gasteiger partial charge in [0.1, 0.15) is 0 Å². The van der Waals surface area contributed by atoms with Gasteiger partial charge in [0.2, 0.25) is 0 Å². The van der Waals surface area contributed by atoms with Gasteiger partial charge in [0, 0.05) is 28.1 Å². The second kappa shape index (κ2) is 3.35. The Morgan fingerprint density at radius 3 is 2.54 bits per heavy atom. The van der Waals surface area contributed by atoms with Gasteiger partial charge in [-0.05, 0) is 18.2 Å². The summed E-state index contributed by atoms with van der Waals surface area (Å²) in [5.41, 5.74) is 6.14. The van der Waals surface area contributed by atoms with Crippen molar-refractivity contribution in [1.29, 1.82) is 5.41 Å². The predicted octanol–water partition coefficient (Wildman–Crippen LogP) is 1.19. The van der Waals surface area contributed by atoms with Crippen LogP contribution < -0.4 is 5.73 Å². The maximum atomic E-state index is 10.9. The highest BCUT2D eigenvalue weighted by Crippen LogP contribution is 2.19. The van der Waals surface area contributed by atoms with Crippen LogP contribution in [0.15, 0.2) is 23.1 Å². The maximum Gasteiger partial charge on any atom is 0.261 e. The lowest BCUT2D eigenvalue weighted by atomic mass is 10.2. The Bertz CT molecular complexity index is 442. The lowest BCUT2D eigenvalue weighted by Crippen LogP contribution is -1.97. The average molecular weight is 219 g/mol. The fraction of sp³-hybridized carbons (Fsp3) is 0. The average Bonchev–Trinajstić information content (AvgIpc) is 2.03. The first kappa shape index (κ1) is 10.0. The minimum absolute atomic E-state index is 0.0538. The minimum atomic E-state index is -3.74. The molecule has 0 fully saturated rings. The van der Waals surface area contributed by atoms with Gasteiger partial charge in [-0.15, -0.1) is 0 Å². The second-order valence-electron chi connectivity index (χ2n) is 2.37. The molecule has 0 bridgehead atoms. The van der Waals surface area contributed by atoms with Gasteiger partial charge in [0.25, 0.3) is 9.05 Å². The number of anilines is 1. The van der Waals surface area contributed by atoms with Gasteiger partial charge in [-0.2, -0.15) is 0 Å². The Labute approximate surface area is 80.3 Å². The summed E-state index contributed by atoms with van der Waals surface area (Å²) in [5, 5.41) is 6.94. The van der Waals surface area contributed by atoms with Gasteiger partial charge in [0.15, 0.2) is 0 Å². The fourth-order valence-electron chi connectivity index (χ4n) is 0.830. The Morgan fingerprint density at radius 1 is 1.46 bits per heavy atom.